The third kappa shape index (κ3) is 6.43. The van der Waals surface area contributed by atoms with Crippen LogP contribution in [0.15, 0.2) is 27.6 Å². The molecule has 1 unspecified atom stereocenters. The standard InChI is InChI=1S/C15H21BrN2O4/c1-15(2,3)7-6-11(14(21)22)17-12(19)9-18-8-10(16)4-5-13(18)20/h4-5,8,11H,6-7,9H2,1-3H3,(H,17,19)(H,21,22). The lowest BCUT2D eigenvalue weighted by atomic mass is 9.88. The molecule has 0 fully saturated rings. The molecular weight excluding hydrogens is 352 g/mol. The molecule has 0 radical (unpaired) electrons. The van der Waals surface area contributed by atoms with Crippen molar-refractivity contribution in [2.75, 3.05) is 0 Å². The van der Waals surface area contributed by atoms with Crippen molar-refractivity contribution in [2.45, 2.75) is 46.2 Å². The minimum Gasteiger partial charge on any atom is -0.480 e. The van der Waals surface area contributed by atoms with Gasteiger partial charge in [-0.15, -0.1) is 0 Å². The maximum atomic E-state index is 12.0. The van der Waals surface area contributed by atoms with Gasteiger partial charge >= 0.3 is 5.97 Å². The fourth-order valence-corrected chi connectivity index (χ4v) is 2.23. The van der Waals surface area contributed by atoms with Crippen LogP contribution in [0.25, 0.3) is 0 Å². The number of halogens is 1. The molecule has 6 nitrogen and oxygen atoms in total. The third-order valence-corrected chi connectivity index (χ3v) is 3.55. The zero-order valence-corrected chi connectivity index (χ0v) is 14.5. The van der Waals surface area contributed by atoms with Gasteiger partial charge in [0.2, 0.25) is 5.91 Å². The van der Waals surface area contributed by atoms with Gasteiger partial charge in [-0.1, -0.05) is 20.8 Å². The van der Waals surface area contributed by atoms with Crippen LogP contribution < -0.4 is 10.9 Å². The van der Waals surface area contributed by atoms with Crippen molar-refractivity contribution in [1.82, 2.24) is 9.88 Å². The Kier molecular flexibility index (Phi) is 6.34. The largest absolute Gasteiger partial charge is 0.480 e. The summed E-state index contributed by atoms with van der Waals surface area (Å²) in [4.78, 5) is 34.8. The summed E-state index contributed by atoms with van der Waals surface area (Å²) >= 11 is 3.22. The van der Waals surface area contributed by atoms with Gasteiger partial charge in [0.25, 0.3) is 5.56 Å². The van der Waals surface area contributed by atoms with Crippen LogP contribution >= 0.6 is 15.9 Å². The van der Waals surface area contributed by atoms with E-state index >= 15 is 0 Å². The molecule has 122 valence electrons. The predicted octanol–water partition coefficient (Wildman–Crippen LogP) is 2.01. The number of amides is 1. The second-order valence-electron chi connectivity index (χ2n) is 6.37. The van der Waals surface area contributed by atoms with Crippen LogP contribution in [0.3, 0.4) is 0 Å². The number of aromatic nitrogens is 1. The van der Waals surface area contributed by atoms with E-state index in [0.717, 1.165) is 0 Å². The average Bonchev–Trinajstić information content (AvgIpc) is 2.37. The van der Waals surface area contributed by atoms with E-state index in [-0.39, 0.29) is 17.5 Å². The fraction of sp³-hybridized carbons (Fsp3) is 0.533. The van der Waals surface area contributed by atoms with Crippen LogP contribution in [-0.4, -0.2) is 27.6 Å². The highest BCUT2D eigenvalue weighted by molar-refractivity contribution is 9.10. The molecule has 0 aliphatic heterocycles. The summed E-state index contributed by atoms with van der Waals surface area (Å²) in [5.41, 5.74) is -0.334. The normalized spacial score (nSPS) is 12.7. The molecule has 1 aromatic heterocycles. The molecule has 7 heteroatoms. The molecule has 0 aromatic carbocycles. The van der Waals surface area contributed by atoms with E-state index in [1.165, 1.54) is 16.8 Å². The number of rotatable bonds is 6. The molecule has 2 N–H and O–H groups in total. The van der Waals surface area contributed by atoms with Gasteiger partial charge in [-0.3, -0.25) is 9.59 Å². The van der Waals surface area contributed by atoms with Gasteiger partial charge in [0.1, 0.15) is 12.6 Å². The molecule has 1 aromatic rings. The highest BCUT2D eigenvalue weighted by atomic mass is 79.9. The van der Waals surface area contributed by atoms with Gasteiger partial charge in [-0.2, -0.15) is 0 Å². The van der Waals surface area contributed by atoms with Crippen LogP contribution in [0.2, 0.25) is 0 Å². The number of carbonyl (C=O) groups is 2. The van der Waals surface area contributed by atoms with Gasteiger partial charge in [-0.05, 0) is 40.3 Å². The number of hydrogen-bond donors (Lipinski definition) is 2. The summed E-state index contributed by atoms with van der Waals surface area (Å²) in [6, 6.07) is 1.97. The lowest BCUT2D eigenvalue weighted by Crippen LogP contribution is -2.43. The Morgan fingerprint density at radius 3 is 2.55 bits per heavy atom. The second kappa shape index (κ2) is 7.58. The first-order valence-electron chi connectivity index (χ1n) is 6.97. The van der Waals surface area contributed by atoms with Crippen molar-refractivity contribution < 1.29 is 14.7 Å². The smallest absolute Gasteiger partial charge is 0.326 e. The molecule has 0 spiro atoms. The molecule has 0 saturated heterocycles. The van der Waals surface area contributed by atoms with Gasteiger partial charge < -0.3 is 15.0 Å². The Balaban J connectivity index is 2.69. The molecule has 0 aliphatic rings. The number of hydrogen-bond acceptors (Lipinski definition) is 3. The Labute approximate surface area is 137 Å². The quantitative estimate of drug-likeness (QED) is 0.799. The van der Waals surface area contributed by atoms with E-state index in [4.69, 9.17) is 0 Å². The van der Waals surface area contributed by atoms with Crippen molar-refractivity contribution in [3.63, 3.8) is 0 Å². The number of aliphatic carboxylic acids is 1. The SMILES string of the molecule is CC(C)(C)CCC(NC(=O)Cn1cc(Br)ccc1=O)C(=O)O. The molecular formula is C15H21BrN2O4. The van der Waals surface area contributed by atoms with E-state index in [0.29, 0.717) is 17.3 Å². The number of carboxylic acid groups (broad SMARTS) is 1. The minimum absolute atomic E-state index is 0.0142. The molecule has 0 aliphatic carbocycles. The molecule has 0 bridgehead atoms. The van der Waals surface area contributed by atoms with Gasteiger partial charge in [0.15, 0.2) is 0 Å². The first-order chi connectivity index (χ1) is 10.1. The average molecular weight is 373 g/mol. The Bertz CT molecular complexity index is 604. The van der Waals surface area contributed by atoms with Crippen molar-refractivity contribution in [2.24, 2.45) is 5.41 Å². The summed E-state index contributed by atoms with van der Waals surface area (Å²) < 4.78 is 1.89. The topological polar surface area (TPSA) is 88.4 Å². The van der Waals surface area contributed by atoms with E-state index < -0.39 is 17.9 Å². The zero-order valence-electron chi connectivity index (χ0n) is 12.9. The molecule has 1 atom stereocenters. The van der Waals surface area contributed by atoms with E-state index in [2.05, 4.69) is 21.2 Å². The van der Waals surface area contributed by atoms with Crippen molar-refractivity contribution in [1.29, 1.82) is 0 Å². The predicted molar refractivity (Wildman–Crippen MR) is 86.7 cm³/mol. The van der Waals surface area contributed by atoms with E-state index in [1.807, 2.05) is 20.8 Å². The third-order valence-electron chi connectivity index (χ3n) is 3.08. The Hall–Kier alpha value is -1.63. The fourth-order valence-electron chi connectivity index (χ4n) is 1.86. The summed E-state index contributed by atoms with van der Waals surface area (Å²) in [6.45, 7) is 5.82. The number of carbonyl (C=O) groups excluding carboxylic acids is 1. The van der Waals surface area contributed by atoms with Gasteiger partial charge in [-0.25, -0.2) is 4.79 Å². The first-order valence-corrected chi connectivity index (χ1v) is 7.76. The minimum atomic E-state index is -1.07. The van der Waals surface area contributed by atoms with Crippen LogP contribution in [0.4, 0.5) is 0 Å². The molecule has 22 heavy (non-hydrogen) atoms. The van der Waals surface area contributed by atoms with Crippen LogP contribution in [-0.2, 0) is 16.1 Å². The Morgan fingerprint density at radius 1 is 1.36 bits per heavy atom. The maximum absolute atomic E-state index is 12.0. The van der Waals surface area contributed by atoms with E-state index in [9.17, 15) is 19.5 Å². The summed E-state index contributed by atoms with van der Waals surface area (Å²) in [6.07, 6.45) is 2.51. The number of carboxylic acids is 1. The van der Waals surface area contributed by atoms with Crippen molar-refractivity contribution >= 4 is 27.8 Å². The Morgan fingerprint density at radius 2 is 2.00 bits per heavy atom. The summed E-state index contributed by atoms with van der Waals surface area (Å²) in [5, 5.41) is 11.7. The lowest BCUT2D eigenvalue weighted by Gasteiger charge is -2.21. The van der Waals surface area contributed by atoms with Gasteiger partial charge in [0.05, 0.1) is 0 Å². The summed E-state index contributed by atoms with van der Waals surface area (Å²) in [7, 11) is 0. The summed E-state index contributed by atoms with van der Waals surface area (Å²) in [5.74, 6) is -1.57. The molecule has 1 amide bonds. The van der Waals surface area contributed by atoms with Crippen molar-refractivity contribution in [3.8, 4) is 0 Å². The lowest BCUT2D eigenvalue weighted by molar-refractivity contribution is -0.142. The monoisotopic (exact) mass is 372 g/mol. The maximum Gasteiger partial charge on any atom is 0.326 e. The number of nitrogens with one attached hydrogen (secondary N) is 1. The molecule has 1 rings (SSSR count). The highest BCUT2D eigenvalue weighted by Gasteiger charge is 2.22. The zero-order chi connectivity index (χ0) is 16.9. The molecule has 0 saturated carbocycles. The molecule has 1 heterocycles. The van der Waals surface area contributed by atoms with Crippen LogP contribution in [0.1, 0.15) is 33.6 Å². The van der Waals surface area contributed by atoms with Crippen LogP contribution in [0.5, 0.6) is 0 Å². The highest BCUT2D eigenvalue weighted by Crippen LogP contribution is 2.21. The van der Waals surface area contributed by atoms with E-state index in [1.54, 1.807) is 6.07 Å². The van der Waals surface area contributed by atoms with Crippen molar-refractivity contribution in [3.05, 3.63) is 33.2 Å². The number of pyridine rings is 1. The van der Waals surface area contributed by atoms with Gasteiger partial charge in [0, 0.05) is 16.7 Å². The first kappa shape index (κ1) is 18.4. The second-order valence-corrected chi connectivity index (χ2v) is 7.29. The van der Waals surface area contributed by atoms with Crippen LogP contribution in [0, 0.1) is 5.41 Å². The number of nitrogens with zero attached hydrogens (tertiary/aromatic N) is 1.